The molecule has 0 saturated heterocycles. The lowest BCUT2D eigenvalue weighted by atomic mass is 10.1. The molecule has 0 aliphatic carbocycles. The minimum atomic E-state index is -0.243. The van der Waals surface area contributed by atoms with Crippen molar-refractivity contribution in [1.29, 1.82) is 0 Å². The first kappa shape index (κ1) is 21.2. The second kappa shape index (κ2) is 9.41. The van der Waals surface area contributed by atoms with Gasteiger partial charge in [0, 0.05) is 23.6 Å². The number of carbonyl (C=O) groups excluding carboxylic acids is 1. The molecule has 0 atom stereocenters. The van der Waals surface area contributed by atoms with Crippen LogP contribution in [0.15, 0.2) is 64.9 Å². The van der Waals surface area contributed by atoms with E-state index < -0.39 is 0 Å². The Labute approximate surface area is 188 Å². The molecule has 0 amide bonds. The number of ether oxygens (including phenoxy) is 1. The van der Waals surface area contributed by atoms with Gasteiger partial charge in [0.2, 0.25) is 0 Å². The van der Waals surface area contributed by atoms with Crippen LogP contribution in [0.1, 0.15) is 37.8 Å². The number of aryl methyl sites for hydroxylation is 3. The van der Waals surface area contributed by atoms with E-state index in [0.29, 0.717) is 34.5 Å². The topological polar surface area (TPSA) is 61.2 Å². The Morgan fingerprint density at radius 2 is 1.94 bits per heavy atom. The smallest absolute Gasteiger partial charge is 0.260 e. The molecule has 4 aromatic rings. The maximum Gasteiger partial charge on any atom is 0.260 e. The summed E-state index contributed by atoms with van der Waals surface area (Å²) >= 11 is 2.93. The maximum atomic E-state index is 12.7. The molecule has 0 aliphatic rings. The predicted octanol–water partition coefficient (Wildman–Crippen LogP) is 5.37. The molecule has 0 spiro atoms. The number of nitrogens with zero attached hydrogens (tertiary/aromatic N) is 2. The zero-order chi connectivity index (χ0) is 21.8. The Balaban J connectivity index is 1.46. The summed E-state index contributed by atoms with van der Waals surface area (Å²) in [5.41, 5.74) is 2.67. The molecule has 0 N–H and O–H groups in total. The highest BCUT2D eigenvalue weighted by Gasteiger charge is 2.17. The molecule has 7 heteroatoms. The van der Waals surface area contributed by atoms with Gasteiger partial charge in [0.15, 0.2) is 10.9 Å². The van der Waals surface area contributed by atoms with Crippen molar-refractivity contribution in [3.63, 3.8) is 0 Å². The summed E-state index contributed by atoms with van der Waals surface area (Å²) < 4.78 is 7.18. The Morgan fingerprint density at radius 3 is 2.65 bits per heavy atom. The van der Waals surface area contributed by atoms with E-state index >= 15 is 0 Å². The average Bonchev–Trinajstić information content (AvgIpc) is 3.36. The molecule has 158 valence electrons. The van der Waals surface area contributed by atoms with Crippen molar-refractivity contribution in [2.45, 2.75) is 33.3 Å². The lowest BCUT2D eigenvalue weighted by Gasteiger charge is -2.07. The van der Waals surface area contributed by atoms with Crippen LogP contribution in [-0.4, -0.2) is 15.3 Å². The number of hydrogen-bond donors (Lipinski definition) is 0. The molecule has 4 rings (SSSR count). The summed E-state index contributed by atoms with van der Waals surface area (Å²) in [6.07, 6.45) is 2.80. The normalized spacial score (nSPS) is 10.9. The average molecular weight is 451 g/mol. The summed E-state index contributed by atoms with van der Waals surface area (Å²) in [6.45, 7) is 4.26. The number of carbonyl (C=O) groups is 1. The molecule has 31 heavy (non-hydrogen) atoms. The molecular weight excluding hydrogens is 428 g/mol. The Kier molecular flexibility index (Phi) is 6.44. The van der Waals surface area contributed by atoms with Gasteiger partial charge in [-0.05, 0) is 48.9 Å². The molecule has 3 aromatic heterocycles. The van der Waals surface area contributed by atoms with E-state index in [4.69, 9.17) is 4.74 Å². The monoisotopic (exact) mass is 450 g/mol. The van der Waals surface area contributed by atoms with Gasteiger partial charge in [0.05, 0.1) is 10.6 Å². The Bertz CT molecular complexity index is 1260. The summed E-state index contributed by atoms with van der Waals surface area (Å²) in [5, 5.41) is 2.54. The van der Waals surface area contributed by atoms with Gasteiger partial charge in [-0.15, -0.1) is 11.3 Å². The third-order valence-electron chi connectivity index (χ3n) is 4.93. The largest absolute Gasteiger partial charge is 0.489 e. The van der Waals surface area contributed by atoms with Gasteiger partial charge >= 0.3 is 0 Å². The van der Waals surface area contributed by atoms with Crippen LogP contribution in [0, 0.1) is 13.8 Å². The molecular formula is C24H22N2O3S2. The lowest BCUT2D eigenvalue weighted by molar-refractivity contribution is 0.0986. The van der Waals surface area contributed by atoms with Gasteiger partial charge < -0.3 is 4.74 Å². The second-order valence-corrected chi connectivity index (χ2v) is 9.18. The van der Waals surface area contributed by atoms with Crippen LogP contribution < -0.4 is 10.3 Å². The van der Waals surface area contributed by atoms with Crippen molar-refractivity contribution >= 4 is 28.5 Å². The maximum absolute atomic E-state index is 12.7. The number of thiophene rings is 1. The van der Waals surface area contributed by atoms with Crippen molar-refractivity contribution in [3.8, 4) is 10.9 Å². The number of hydrogen-bond acceptors (Lipinski definition) is 6. The highest BCUT2D eigenvalue weighted by atomic mass is 32.1. The van der Waals surface area contributed by atoms with Crippen LogP contribution in [-0.2, 0) is 13.0 Å². The minimum absolute atomic E-state index is 0.0601. The number of Topliss-reactive ketones (excluding diaryl/α,β-unsaturated/α-hetero) is 1. The van der Waals surface area contributed by atoms with Crippen molar-refractivity contribution in [2.24, 2.45) is 0 Å². The molecule has 0 saturated carbocycles. The molecule has 0 unspecified atom stereocenters. The Hall–Kier alpha value is -3.03. The van der Waals surface area contributed by atoms with E-state index in [-0.39, 0.29) is 11.3 Å². The van der Waals surface area contributed by atoms with Crippen molar-refractivity contribution < 1.29 is 9.53 Å². The van der Waals surface area contributed by atoms with Crippen LogP contribution in [0.3, 0.4) is 0 Å². The molecule has 0 bridgehead atoms. The van der Waals surface area contributed by atoms with Gasteiger partial charge in [-0.1, -0.05) is 41.7 Å². The highest BCUT2D eigenvalue weighted by Crippen LogP contribution is 2.25. The first-order valence-electron chi connectivity index (χ1n) is 9.94. The molecule has 0 fully saturated rings. The second-order valence-electron chi connectivity index (χ2n) is 7.21. The van der Waals surface area contributed by atoms with Gasteiger partial charge in [0.25, 0.3) is 5.56 Å². The van der Waals surface area contributed by atoms with Crippen LogP contribution in [0.5, 0.6) is 5.75 Å². The number of rotatable bonds is 8. The molecule has 1 aromatic carbocycles. The fourth-order valence-electron chi connectivity index (χ4n) is 3.19. The zero-order valence-electron chi connectivity index (χ0n) is 17.3. The minimum Gasteiger partial charge on any atom is -0.489 e. The number of pyridine rings is 1. The van der Waals surface area contributed by atoms with E-state index in [1.165, 1.54) is 32.4 Å². The zero-order valence-corrected chi connectivity index (χ0v) is 19.0. The number of thiazole rings is 1. The number of benzene rings is 1. The van der Waals surface area contributed by atoms with E-state index in [1.807, 2.05) is 42.6 Å². The third kappa shape index (κ3) is 5.00. The van der Waals surface area contributed by atoms with Gasteiger partial charge in [-0.3, -0.25) is 14.2 Å². The first-order valence-corrected chi connectivity index (χ1v) is 11.6. The number of ketones is 1. The van der Waals surface area contributed by atoms with Crippen molar-refractivity contribution in [1.82, 2.24) is 9.55 Å². The van der Waals surface area contributed by atoms with E-state index in [1.54, 1.807) is 23.6 Å². The van der Waals surface area contributed by atoms with Crippen LogP contribution >= 0.6 is 22.7 Å². The van der Waals surface area contributed by atoms with Crippen molar-refractivity contribution in [3.05, 3.63) is 97.0 Å². The summed E-state index contributed by atoms with van der Waals surface area (Å²) in [7, 11) is 0. The molecule has 0 aliphatic heterocycles. The molecule has 0 radical (unpaired) electrons. The van der Waals surface area contributed by atoms with E-state index in [0.717, 1.165) is 12.0 Å². The van der Waals surface area contributed by atoms with Crippen molar-refractivity contribution in [2.75, 3.05) is 0 Å². The molecule has 5 nitrogen and oxygen atoms in total. The standard InChI is InChI=1S/C24H22N2O3S2/c1-16-11-13-30-21(16)9-8-20(27)23-17(2)25-24(31-23)26-12-10-19(14-22(26)28)29-15-18-6-4-3-5-7-18/h3-7,10-14H,8-9,15H2,1-2H3. The van der Waals surface area contributed by atoms with E-state index in [9.17, 15) is 9.59 Å². The first-order chi connectivity index (χ1) is 15.0. The summed E-state index contributed by atoms with van der Waals surface area (Å²) in [4.78, 5) is 31.7. The third-order valence-corrected chi connectivity index (χ3v) is 7.21. The van der Waals surface area contributed by atoms with Gasteiger partial charge in [0.1, 0.15) is 12.4 Å². The predicted molar refractivity (Wildman–Crippen MR) is 125 cm³/mol. The van der Waals surface area contributed by atoms with Gasteiger partial charge in [-0.25, -0.2) is 4.98 Å². The fraction of sp³-hybridized carbons (Fsp3) is 0.208. The van der Waals surface area contributed by atoms with Crippen LogP contribution in [0.4, 0.5) is 0 Å². The SMILES string of the molecule is Cc1ccsc1CCC(=O)c1sc(-n2ccc(OCc3ccccc3)cc2=O)nc1C. The van der Waals surface area contributed by atoms with E-state index in [2.05, 4.69) is 18.0 Å². The van der Waals surface area contributed by atoms with Crippen LogP contribution in [0.25, 0.3) is 5.13 Å². The summed E-state index contributed by atoms with van der Waals surface area (Å²) in [6, 6.07) is 15.0. The highest BCUT2D eigenvalue weighted by molar-refractivity contribution is 7.16. The quantitative estimate of drug-likeness (QED) is 0.339. The number of aromatic nitrogens is 2. The molecule has 3 heterocycles. The fourth-order valence-corrected chi connectivity index (χ4v) is 5.13. The van der Waals surface area contributed by atoms with Crippen LogP contribution in [0.2, 0.25) is 0 Å². The van der Waals surface area contributed by atoms with Gasteiger partial charge in [-0.2, -0.15) is 0 Å². The Morgan fingerprint density at radius 1 is 1.13 bits per heavy atom. The summed E-state index contributed by atoms with van der Waals surface area (Å²) in [5.74, 6) is 0.561. The lowest BCUT2D eigenvalue weighted by Crippen LogP contribution is -2.16.